The van der Waals surface area contributed by atoms with Gasteiger partial charge in [-0.25, -0.2) is 4.98 Å². The smallest absolute Gasteiger partial charge is 0.318 e. The fourth-order valence-corrected chi connectivity index (χ4v) is 4.16. The lowest BCUT2D eigenvalue weighted by Gasteiger charge is -2.17. The standard InChI is InChI=1S/C20H24N2O3S/c1-14(19(24)25-2)26-20-21-17-11-7-6-10-16(17)18(23)22(20)13-12-15-8-4-3-5-9-15/h6-8,10-11,14H,3-5,9,12-13H2,1-2H3/t14-/m1/s1. The Morgan fingerprint density at radius 1 is 1.35 bits per heavy atom. The Morgan fingerprint density at radius 3 is 2.88 bits per heavy atom. The Hall–Kier alpha value is -2.08. The number of ether oxygens (including phenoxy) is 1. The van der Waals surface area contributed by atoms with Crippen LogP contribution in [-0.4, -0.2) is 27.9 Å². The Kier molecular flexibility index (Phi) is 6.14. The maximum absolute atomic E-state index is 13.0. The lowest BCUT2D eigenvalue weighted by Crippen LogP contribution is -2.25. The molecular formula is C20H24N2O3S. The van der Waals surface area contributed by atoms with Crippen LogP contribution in [0.2, 0.25) is 0 Å². The number of benzene rings is 1. The Labute approximate surface area is 157 Å². The number of carbonyl (C=O) groups excluding carboxylic acids is 1. The molecule has 0 radical (unpaired) electrons. The highest BCUT2D eigenvalue weighted by Crippen LogP contribution is 2.25. The first-order chi connectivity index (χ1) is 12.6. The van der Waals surface area contributed by atoms with E-state index < -0.39 is 5.25 Å². The normalized spacial score (nSPS) is 15.5. The second-order valence-corrected chi connectivity index (χ2v) is 7.82. The largest absolute Gasteiger partial charge is 0.468 e. The number of thioether (sulfide) groups is 1. The predicted molar refractivity (Wildman–Crippen MR) is 105 cm³/mol. The number of methoxy groups -OCH3 is 1. The third kappa shape index (κ3) is 4.18. The van der Waals surface area contributed by atoms with E-state index in [1.807, 2.05) is 18.2 Å². The SMILES string of the molecule is COC(=O)[C@@H](C)Sc1nc2ccccc2c(=O)n1CCC1=CCCCC1. The molecule has 0 unspecified atom stereocenters. The van der Waals surface area contributed by atoms with E-state index in [-0.39, 0.29) is 11.5 Å². The molecule has 26 heavy (non-hydrogen) atoms. The van der Waals surface area contributed by atoms with Crippen LogP contribution in [0.4, 0.5) is 0 Å². The van der Waals surface area contributed by atoms with Gasteiger partial charge in [0.1, 0.15) is 5.25 Å². The molecule has 0 spiro atoms. The molecule has 138 valence electrons. The number of rotatable bonds is 6. The second kappa shape index (κ2) is 8.54. The quantitative estimate of drug-likeness (QED) is 0.333. The van der Waals surface area contributed by atoms with Crippen molar-refractivity contribution in [2.75, 3.05) is 7.11 Å². The molecule has 5 nitrogen and oxygen atoms in total. The van der Waals surface area contributed by atoms with Crippen LogP contribution in [0.15, 0.2) is 45.9 Å². The van der Waals surface area contributed by atoms with E-state index in [1.165, 1.54) is 37.3 Å². The summed E-state index contributed by atoms with van der Waals surface area (Å²) in [5.74, 6) is -0.320. The first-order valence-electron chi connectivity index (χ1n) is 9.02. The van der Waals surface area contributed by atoms with Gasteiger partial charge in [-0.2, -0.15) is 0 Å². The number of para-hydroxylation sites is 1. The maximum atomic E-state index is 13.0. The molecule has 0 amide bonds. The highest BCUT2D eigenvalue weighted by Gasteiger charge is 2.20. The Balaban J connectivity index is 1.95. The fourth-order valence-electron chi connectivity index (χ4n) is 3.19. The molecule has 1 aliphatic carbocycles. The highest BCUT2D eigenvalue weighted by atomic mass is 32.2. The minimum atomic E-state index is -0.423. The van der Waals surface area contributed by atoms with Crippen molar-refractivity contribution >= 4 is 28.6 Å². The molecule has 0 N–H and O–H groups in total. The predicted octanol–water partition coefficient (Wildman–Crippen LogP) is 3.94. The summed E-state index contributed by atoms with van der Waals surface area (Å²) in [5, 5.41) is 0.761. The van der Waals surface area contributed by atoms with E-state index >= 15 is 0 Å². The summed E-state index contributed by atoms with van der Waals surface area (Å²) in [6, 6.07) is 7.35. The van der Waals surface area contributed by atoms with Gasteiger partial charge in [-0.05, 0) is 51.2 Å². The fraction of sp³-hybridized carbons (Fsp3) is 0.450. The molecule has 6 heteroatoms. The van der Waals surface area contributed by atoms with E-state index in [9.17, 15) is 9.59 Å². The van der Waals surface area contributed by atoms with Gasteiger partial charge in [0.25, 0.3) is 5.56 Å². The third-order valence-corrected chi connectivity index (χ3v) is 5.75. The van der Waals surface area contributed by atoms with Crippen molar-refractivity contribution in [1.29, 1.82) is 0 Å². The molecule has 0 aliphatic heterocycles. The average molecular weight is 372 g/mol. The van der Waals surface area contributed by atoms with Crippen LogP contribution in [-0.2, 0) is 16.1 Å². The van der Waals surface area contributed by atoms with Gasteiger partial charge in [0.05, 0.1) is 18.0 Å². The van der Waals surface area contributed by atoms with Gasteiger partial charge >= 0.3 is 5.97 Å². The minimum absolute atomic E-state index is 0.0495. The van der Waals surface area contributed by atoms with Crippen LogP contribution in [0, 0.1) is 0 Å². The van der Waals surface area contributed by atoms with Crippen molar-refractivity contribution in [2.24, 2.45) is 0 Å². The van der Waals surface area contributed by atoms with E-state index in [0.717, 1.165) is 19.3 Å². The molecule has 1 atom stereocenters. The average Bonchev–Trinajstić information content (AvgIpc) is 2.68. The van der Waals surface area contributed by atoms with Crippen molar-refractivity contribution in [3.8, 4) is 0 Å². The van der Waals surface area contributed by atoms with E-state index in [4.69, 9.17) is 4.74 Å². The number of hydrogen-bond acceptors (Lipinski definition) is 5. The summed E-state index contributed by atoms with van der Waals surface area (Å²) in [6.45, 7) is 2.35. The highest BCUT2D eigenvalue weighted by molar-refractivity contribution is 8.00. The zero-order chi connectivity index (χ0) is 18.5. The van der Waals surface area contributed by atoms with Crippen molar-refractivity contribution in [3.63, 3.8) is 0 Å². The number of nitrogens with zero attached hydrogens (tertiary/aromatic N) is 2. The molecule has 0 saturated carbocycles. The van der Waals surface area contributed by atoms with E-state index in [2.05, 4.69) is 11.1 Å². The van der Waals surface area contributed by atoms with Crippen molar-refractivity contribution < 1.29 is 9.53 Å². The number of fused-ring (bicyclic) bond motifs is 1. The minimum Gasteiger partial charge on any atom is -0.468 e. The lowest BCUT2D eigenvalue weighted by molar-refractivity contribution is -0.139. The number of aromatic nitrogens is 2. The molecular weight excluding hydrogens is 348 g/mol. The molecule has 1 aromatic heterocycles. The van der Waals surface area contributed by atoms with Gasteiger partial charge in [0.2, 0.25) is 0 Å². The van der Waals surface area contributed by atoms with Crippen LogP contribution in [0.5, 0.6) is 0 Å². The van der Waals surface area contributed by atoms with Gasteiger partial charge in [0.15, 0.2) is 5.16 Å². The maximum Gasteiger partial charge on any atom is 0.318 e. The zero-order valence-electron chi connectivity index (χ0n) is 15.2. The number of esters is 1. The van der Waals surface area contributed by atoms with Crippen LogP contribution >= 0.6 is 11.8 Å². The van der Waals surface area contributed by atoms with Crippen LogP contribution in [0.3, 0.4) is 0 Å². The summed E-state index contributed by atoms with van der Waals surface area (Å²) < 4.78 is 6.52. The molecule has 0 bridgehead atoms. The third-order valence-electron chi connectivity index (χ3n) is 4.68. The summed E-state index contributed by atoms with van der Waals surface area (Å²) in [6.07, 6.45) is 7.85. The topological polar surface area (TPSA) is 61.2 Å². The van der Waals surface area contributed by atoms with Gasteiger partial charge in [0, 0.05) is 6.54 Å². The summed E-state index contributed by atoms with van der Waals surface area (Å²) >= 11 is 1.28. The van der Waals surface area contributed by atoms with E-state index in [1.54, 1.807) is 17.6 Å². The zero-order valence-corrected chi connectivity index (χ0v) is 16.1. The Morgan fingerprint density at radius 2 is 2.15 bits per heavy atom. The summed E-state index contributed by atoms with van der Waals surface area (Å²) in [4.78, 5) is 29.5. The first kappa shape index (κ1) is 18.7. The van der Waals surface area contributed by atoms with Crippen molar-refractivity contribution in [1.82, 2.24) is 9.55 Å². The number of allylic oxidation sites excluding steroid dienone is 2. The van der Waals surface area contributed by atoms with Crippen molar-refractivity contribution in [2.45, 2.75) is 56.0 Å². The van der Waals surface area contributed by atoms with Gasteiger partial charge in [-0.1, -0.05) is 35.5 Å². The van der Waals surface area contributed by atoms with Crippen LogP contribution in [0.25, 0.3) is 10.9 Å². The lowest BCUT2D eigenvalue weighted by atomic mass is 9.97. The molecule has 2 aromatic rings. The van der Waals surface area contributed by atoms with Gasteiger partial charge < -0.3 is 4.74 Å². The number of hydrogen-bond donors (Lipinski definition) is 0. The van der Waals surface area contributed by atoms with Crippen LogP contribution < -0.4 is 5.56 Å². The summed E-state index contributed by atoms with van der Waals surface area (Å²) in [7, 11) is 1.37. The van der Waals surface area contributed by atoms with Gasteiger partial charge in [-0.3, -0.25) is 14.2 Å². The molecule has 0 saturated heterocycles. The molecule has 1 aliphatic rings. The monoisotopic (exact) mass is 372 g/mol. The molecule has 1 heterocycles. The molecule has 1 aromatic carbocycles. The summed E-state index contributed by atoms with van der Waals surface area (Å²) in [5.41, 5.74) is 2.02. The van der Waals surface area contributed by atoms with Gasteiger partial charge in [-0.15, -0.1) is 0 Å². The molecule has 3 rings (SSSR count). The van der Waals surface area contributed by atoms with Crippen molar-refractivity contribution in [3.05, 3.63) is 46.3 Å². The molecule has 0 fully saturated rings. The first-order valence-corrected chi connectivity index (χ1v) is 9.90. The van der Waals surface area contributed by atoms with Crippen LogP contribution in [0.1, 0.15) is 39.0 Å². The second-order valence-electron chi connectivity index (χ2n) is 6.51. The Bertz CT molecular complexity index is 888. The van der Waals surface area contributed by atoms with E-state index in [0.29, 0.717) is 22.6 Å². The number of carbonyl (C=O) groups is 1.